The predicted octanol–water partition coefficient (Wildman–Crippen LogP) is 6.03. The van der Waals surface area contributed by atoms with Crippen LogP contribution in [0.15, 0.2) is 72.1 Å². The Hall–Kier alpha value is -3.29. The summed E-state index contributed by atoms with van der Waals surface area (Å²) in [7, 11) is 0. The SMILES string of the molecule is Cc1nc(-c2cccs2)sc1C(=O)OC(C)C(=O)Nc1ccccc1-c1ccccc1. The summed E-state index contributed by atoms with van der Waals surface area (Å²) in [5.74, 6) is -0.936. The highest BCUT2D eigenvalue weighted by Gasteiger charge is 2.24. The van der Waals surface area contributed by atoms with Gasteiger partial charge in [0, 0.05) is 11.3 Å². The minimum atomic E-state index is -0.956. The van der Waals surface area contributed by atoms with Crippen molar-refractivity contribution in [3.8, 4) is 21.0 Å². The molecule has 1 N–H and O–H groups in total. The van der Waals surface area contributed by atoms with E-state index in [0.29, 0.717) is 16.3 Å². The Morgan fingerprint density at radius 1 is 1.00 bits per heavy atom. The molecule has 4 aromatic rings. The number of anilines is 1. The van der Waals surface area contributed by atoms with Gasteiger partial charge in [-0.2, -0.15) is 0 Å². The summed E-state index contributed by atoms with van der Waals surface area (Å²) in [5.41, 5.74) is 3.15. The Morgan fingerprint density at radius 3 is 2.48 bits per heavy atom. The fourth-order valence-electron chi connectivity index (χ4n) is 3.05. The Morgan fingerprint density at radius 2 is 1.74 bits per heavy atom. The minimum absolute atomic E-state index is 0.391. The van der Waals surface area contributed by atoms with Crippen LogP contribution in [0.3, 0.4) is 0 Å². The van der Waals surface area contributed by atoms with Crippen molar-refractivity contribution in [3.05, 3.63) is 82.7 Å². The molecule has 0 saturated carbocycles. The molecule has 5 nitrogen and oxygen atoms in total. The van der Waals surface area contributed by atoms with E-state index in [-0.39, 0.29) is 0 Å². The van der Waals surface area contributed by atoms with Crippen LogP contribution in [0.1, 0.15) is 22.3 Å². The van der Waals surface area contributed by atoms with Crippen LogP contribution >= 0.6 is 22.7 Å². The lowest BCUT2D eigenvalue weighted by Crippen LogP contribution is -2.30. The van der Waals surface area contributed by atoms with E-state index in [1.165, 1.54) is 11.3 Å². The highest BCUT2D eigenvalue weighted by molar-refractivity contribution is 7.22. The predicted molar refractivity (Wildman–Crippen MR) is 126 cm³/mol. The molecule has 0 aliphatic carbocycles. The van der Waals surface area contributed by atoms with E-state index >= 15 is 0 Å². The zero-order valence-corrected chi connectivity index (χ0v) is 18.6. The summed E-state index contributed by atoms with van der Waals surface area (Å²) in [6, 6.07) is 21.2. The number of aryl methyl sites for hydroxylation is 1. The first-order valence-corrected chi connectivity index (χ1v) is 11.4. The second-order valence-corrected chi connectivity index (χ2v) is 8.81. The maximum atomic E-state index is 12.7. The fourth-order valence-corrected chi connectivity index (χ4v) is 4.80. The van der Waals surface area contributed by atoms with Crippen LogP contribution in [-0.2, 0) is 9.53 Å². The van der Waals surface area contributed by atoms with E-state index in [4.69, 9.17) is 4.74 Å². The number of thiazole rings is 1. The van der Waals surface area contributed by atoms with Gasteiger partial charge in [0.15, 0.2) is 6.10 Å². The van der Waals surface area contributed by atoms with Crippen LogP contribution in [0.2, 0.25) is 0 Å². The van der Waals surface area contributed by atoms with E-state index in [1.54, 1.807) is 25.2 Å². The monoisotopic (exact) mass is 448 g/mol. The van der Waals surface area contributed by atoms with Crippen molar-refractivity contribution < 1.29 is 14.3 Å². The number of rotatable bonds is 6. The molecule has 0 bridgehead atoms. The van der Waals surface area contributed by atoms with Gasteiger partial charge < -0.3 is 10.1 Å². The molecule has 156 valence electrons. The number of para-hydroxylation sites is 1. The Balaban J connectivity index is 1.46. The number of aromatic nitrogens is 1. The Kier molecular flexibility index (Phi) is 6.25. The first kappa shape index (κ1) is 21.0. The third kappa shape index (κ3) is 4.73. The molecule has 2 aromatic carbocycles. The molecule has 1 amide bonds. The first-order chi connectivity index (χ1) is 15.0. The topological polar surface area (TPSA) is 68.3 Å². The van der Waals surface area contributed by atoms with E-state index in [0.717, 1.165) is 21.0 Å². The van der Waals surface area contributed by atoms with E-state index < -0.39 is 18.0 Å². The van der Waals surface area contributed by atoms with Crippen LogP contribution in [0.4, 0.5) is 5.69 Å². The Bertz CT molecular complexity index is 1200. The van der Waals surface area contributed by atoms with Crippen molar-refractivity contribution in [2.75, 3.05) is 5.32 Å². The molecule has 0 saturated heterocycles. The van der Waals surface area contributed by atoms with Gasteiger partial charge >= 0.3 is 5.97 Å². The maximum Gasteiger partial charge on any atom is 0.351 e. The lowest BCUT2D eigenvalue weighted by Gasteiger charge is -2.15. The molecule has 31 heavy (non-hydrogen) atoms. The van der Waals surface area contributed by atoms with Crippen molar-refractivity contribution in [2.24, 2.45) is 0 Å². The van der Waals surface area contributed by atoms with Crippen LogP contribution in [-0.4, -0.2) is 23.0 Å². The number of amides is 1. The van der Waals surface area contributed by atoms with Gasteiger partial charge in [0.1, 0.15) is 9.88 Å². The summed E-state index contributed by atoms with van der Waals surface area (Å²) < 4.78 is 5.45. The summed E-state index contributed by atoms with van der Waals surface area (Å²) >= 11 is 2.84. The number of esters is 1. The highest BCUT2D eigenvalue weighted by atomic mass is 32.1. The molecular weight excluding hydrogens is 428 g/mol. The van der Waals surface area contributed by atoms with Gasteiger partial charge in [0.05, 0.1) is 10.6 Å². The molecule has 4 rings (SSSR count). The van der Waals surface area contributed by atoms with Gasteiger partial charge in [0.2, 0.25) is 0 Å². The van der Waals surface area contributed by atoms with Crippen molar-refractivity contribution in [1.29, 1.82) is 0 Å². The number of nitrogens with one attached hydrogen (secondary N) is 1. The van der Waals surface area contributed by atoms with Gasteiger partial charge in [-0.25, -0.2) is 9.78 Å². The molecule has 1 unspecified atom stereocenters. The first-order valence-electron chi connectivity index (χ1n) is 9.70. The Labute approximate surface area is 188 Å². The van der Waals surface area contributed by atoms with Crippen molar-refractivity contribution in [1.82, 2.24) is 4.98 Å². The summed E-state index contributed by atoms with van der Waals surface area (Å²) in [6.07, 6.45) is -0.956. The largest absolute Gasteiger partial charge is 0.448 e. The molecule has 0 spiro atoms. The van der Waals surface area contributed by atoms with Gasteiger partial charge in [-0.1, -0.05) is 54.6 Å². The van der Waals surface area contributed by atoms with E-state index in [9.17, 15) is 9.59 Å². The minimum Gasteiger partial charge on any atom is -0.448 e. The fraction of sp³-hybridized carbons (Fsp3) is 0.125. The average Bonchev–Trinajstić information content (AvgIpc) is 3.44. The molecule has 0 aliphatic rings. The zero-order chi connectivity index (χ0) is 21.8. The molecule has 0 aliphatic heterocycles. The van der Waals surface area contributed by atoms with Crippen LogP contribution in [0.5, 0.6) is 0 Å². The number of hydrogen-bond donors (Lipinski definition) is 1. The molecule has 1 atom stereocenters. The number of carbonyl (C=O) groups excluding carboxylic acids is 2. The van der Waals surface area contributed by atoms with E-state index in [1.807, 2.05) is 72.1 Å². The molecule has 0 fully saturated rings. The quantitative estimate of drug-likeness (QED) is 0.366. The van der Waals surface area contributed by atoms with Crippen LogP contribution in [0, 0.1) is 6.92 Å². The van der Waals surface area contributed by atoms with Gasteiger partial charge in [-0.3, -0.25) is 4.79 Å². The summed E-state index contributed by atoms with van der Waals surface area (Å²) in [4.78, 5) is 31.3. The number of thiophene rings is 1. The van der Waals surface area contributed by atoms with Crippen molar-refractivity contribution >= 4 is 40.2 Å². The molecule has 2 aromatic heterocycles. The molecule has 2 heterocycles. The number of nitrogens with zero attached hydrogens (tertiary/aromatic N) is 1. The second-order valence-electron chi connectivity index (χ2n) is 6.86. The van der Waals surface area contributed by atoms with E-state index in [2.05, 4.69) is 10.3 Å². The second kappa shape index (κ2) is 9.24. The van der Waals surface area contributed by atoms with Gasteiger partial charge in [-0.15, -0.1) is 22.7 Å². The van der Waals surface area contributed by atoms with Gasteiger partial charge in [-0.05, 0) is 36.9 Å². The number of carbonyl (C=O) groups is 2. The van der Waals surface area contributed by atoms with Gasteiger partial charge in [0.25, 0.3) is 5.91 Å². The standard InChI is InChI=1S/C24H20N2O3S2/c1-15-21(31-23(25-15)20-13-8-14-30-20)24(28)29-16(2)22(27)26-19-12-7-6-11-18(19)17-9-4-3-5-10-17/h3-14,16H,1-2H3,(H,26,27). The number of hydrogen-bond acceptors (Lipinski definition) is 6. The normalized spacial score (nSPS) is 11.7. The number of ether oxygens (including phenoxy) is 1. The van der Waals surface area contributed by atoms with Crippen molar-refractivity contribution in [3.63, 3.8) is 0 Å². The molecule has 7 heteroatoms. The third-order valence-corrected chi connectivity index (χ3v) is 6.81. The summed E-state index contributed by atoms with van der Waals surface area (Å²) in [6.45, 7) is 3.33. The van der Waals surface area contributed by atoms with Crippen LogP contribution in [0.25, 0.3) is 21.0 Å². The molecular formula is C24H20N2O3S2. The zero-order valence-electron chi connectivity index (χ0n) is 17.0. The lowest BCUT2D eigenvalue weighted by molar-refractivity contribution is -0.123. The van der Waals surface area contributed by atoms with Crippen molar-refractivity contribution in [2.45, 2.75) is 20.0 Å². The molecule has 0 radical (unpaired) electrons. The number of benzene rings is 2. The lowest BCUT2D eigenvalue weighted by atomic mass is 10.0. The van der Waals surface area contributed by atoms with Crippen LogP contribution < -0.4 is 5.32 Å². The maximum absolute atomic E-state index is 12.7. The third-order valence-electron chi connectivity index (χ3n) is 4.64. The summed E-state index contributed by atoms with van der Waals surface area (Å²) in [5, 5.41) is 5.61. The smallest absolute Gasteiger partial charge is 0.351 e. The highest BCUT2D eigenvalue weighted by Crippen LogP contribution is 2.32. The average molecular weight is 449 g/mol.